The summed E-state index contributed by atoms with van der Waals surface area (Å²) in [4.78, 5) is 18.1. The molecule has 1 atom stereocenters. The van der Waals surface area contributed by atoms with Crippen LogP contribution in [0.2, 0.25) is 0 Å². The van der Waals surface area contributed by atoms with Crippen LogP contribution < -0.4 is 4.90 Å². The van der Waals surface area contributed by atoms with E-state index in [0.717, 1.165) is 17.0 Å². The molecule has 1 unspecified atom stereocenters. The standard InChI is InChI=1S/C19H22N2O3S2/c22-19(21-9-7-15-4-1-2-6-18(15)21)13-20(12-17-5-3-10-25-17)16-8-11-26(23,24)14-16/h1-6,10,16H,7-9,11-14H2. The minimum absolute atomic E-state index is 0.0517. The largest absolute Gasteiger partial charge is 0.311 e. The molecule has 26 heavy (non-hydrogen) atoms. The van der Waals surface area contributed by atoms with Gasteiger partial charge in [0.25, 0.3) is 0 Å². The van der Waals surface area contributed by atoms with E-state index >= 15 is 0 Å². The Bertz CT molecular complexity index is 893. The highest BCUT2D eigenvalue weighted by Gasteiger charge is 2.34. The lowest BCUT2D eigenvalue weighted by atomic mass is 10.2. The van der Waals surface area contributed by atoms with E-state index < -0.39 is 9.84 Å². The smallest absolute Gasteiger partial charge is 0.241 e. The van der Waals surface area contributed by atoms with Gasteiger partial charge in [0.2, 0.25) is 5.91 Å². The van der Waals surface area contributed by atoms with Crippen LogP contribution in [0.15, 0.2) is 41.8 Å². The molecule has 0 spiro atoms. The second kappa shape index (κ2) is 7.13. The molecule has 0 aliphatic carbocycles. The molecule has 3 heterocycles. The minimum Gasteiger partial charge on any atom is -0.311 e. The molecular weight excluding hydrogens is 368 g/mol. The van der Waals surface area contributed by atoms with Crippen molar-refractivity contribution in [2.24, 2.45) is 0 Å². The molecule has 1 fully saturated rings. The summed E-state index contributed by atoms with van der Waals surface area (Å²) in [6.45, 7) is 1.58. The van der Waals surface area contributed by atoms with Gasteiger partial charge in [0.15, 0.2) is 9.84 Å². The summed E-state index contributed by atoms with van der Waals surface area (Å²) in [6, 6.07) is 12.0. The van der Waals surface area contributed by atoms with Gasteiger partial charge in [0, 0.05) is 29.7 Å². The molecule has 2 aliphatic heterocycles. The quantitative estimate of drug-likeness (QED) is 0.786. The summed E-state index contributed by atoms with van der Waals surface area (Å²) < 4.78 is 23.9. The molecule has 7 heteroatoms. The maximum absolute atomic E-state index is 13.0. The van der Waals surface area contributed by atoms with Crippen molar-refractivity contribution >= 4 is 32.8 Å². The maximum atomic E-state index is 13.0. The first-order valence-electron chi connectivity index (χ1n) is 8.87. The van der Waals surface area contributed by atoms with Crippen LogP contribution in [0.25, 0.3) is 0 Å². The molecule has 0 N–H and O–H groups in total. The molecule has 1 aromatic carbocycles. The monoisotopic (exact) mass is 390 g/mol. The topological polar surface area (TPSA) is 57.7 Å². The lowest BCUT2D eigenvalue weighted by Gasteiger charge is -2.29. The van der Waals surface area contributed by atoms with Gasteiger partial charge in [0.05, 0.1) is 18.1 Å². The van der Waals surface area contributed by atoms with Crippen molar-refractivity contribution in [2.75, 3.05) is 29.5 Å². The van der Waals surface area contributed by atoms with E-state index in [0.29, 0.717) is 19.5 Å². The maximum Gasteiger partial charge on any atom is 0.241 e. The summed E-state index contributed by atoms with van der Waals surface area (Å²) in [6.07, 6.45) is 1.49. The third-order valence-electron chi connectivity index (χ3n) is 5.19. The highest BCUT2D eigenvalue weighted by Crippen LogP contribution is 2.28. The number of hydrogen-bond donors (Lipinski definition) is 0. The second-order valence-corrected chi connectivity index (χ2v) is 10.2. The van der Waals surface area contributed by atoms with E-state index in [-0.39, 0.29) is 30.0 Å². The van der Waals surface area contributed by atoms with Gasteiger partial charge in [-0.05, 0) is 35.9 Å². The van der Waals surface area contributed by atoms with Crippen LogP contribution >= 0.6 is 11.3 Å². The molecule has 0 saturated carbocycles. The van der Waals surface area contributed by atoms with Gasteiger partial charge in [-0.25, -0.2) is 8.42 Å². The number of sulfone groups is 1. The lowest BCUT2D eigenvalue weighted by Crippen LogP contribution is -2.44. The summed E-state index contributed by atoms with van der Waals surface area (Å²) >= 11 is 1.64. The van der Waals surface area contributed by atoms with Gasteiger partial charge in [-0.15, -0.1) is 11.3 Å². The van der Waals surface area contributed by atoms with Crippen molar-refractivity contribution < 1.29 is 13.2 Å². The van der Waals surface area contributed by atoms with Gasteiger partial charge < -0.3 is 4.90 Å². The number of benzene rings is 1. The fourth-order valence-electron chi connectivity index (χ4n) is 3.84. The first-order chi connectivity index (χ1) is 12.5. The molecule has 4 rings (SSSR count). The average Bonchev–Trinajstić information content (AvgIpc) is 3.33. The molecule has 1 saturated heterocycles. The number of para-hydroxylation sites is 1. The van der Waals surface area contributed by atoms with Crippen molar-refractivity contribution in [1.82, 2.24) is 4.90 Å². The van der Waals surface area contributed by atoms with E-state index in [4.69, 9.17) is 0 Å². The van der Waals surface area contributed by atoms with Gasteiger partial charge in [-0.3, -0.25) is 9.69 Å². The van der Waals surface area contributed by atoms with Gasteiger partial charge in [-0.1, -0.05) is 24.3 Å². The molecule has 1 aromatic heterocycles. The van der Waals surface area contributed by atoms with Crippen LogP contribution in [0.4, 0.5) is 5.69 Å². The van der Waals surface area contributed by atoms with Crippen molar-refractivity contribution in [3.05, 3.63) is 52.2 Å². The fraction of sp³-hybridized carbons (Fsp3) is 0.421. The first-order valence-corrected chi connectivity index (χ1v) is 11.6. The number of rotatable bonds is 5. The Hall–Kier alpha value is -1.70. The molecule has 2 aliphatic rings. The van der Waals surface area contributed by atoms with Crippen LogP contribution in [0.3, 0.4) is 0 Å². The van der Waals surface area contributed by atoms with E-state index in [1.165, 1.54) is 5.56 Å². The van der Waals surface area contributed by atoms with Gasteiger partial charge in [-0.2, -0.15) is 0 Å². The summed E-state index contributed by atoms with van der Waals surface area (Å²) in [5, 5.41) is 2.01. The Morgan fingerprint density at radius 1 is 1.23 bits per heavy atom. The number of hydrogen-bond acceptors (Lipinski definition) is 5. The van der Waals surface area contributed by atoms with Crippen molar-refractivity contribution in [3.63, 3.8) is 0 Å². The zero-order valence-corrected chi connectivity index (χ0v) is 16.1. The van der Waals surface area contributed by atoms with Crippen LogP contribution in [-0.2, 0) is 27.6 Å². The van der Waals surface area contributed by atoms with E-state index in [2.05, 4.69) is 11.0 Å². The number of carbonyl (C=O) groups is 1. The summed E-state index contributed by atoms with van der Waals surface area (Å²) in [5.74, 6) is 0.428. The Morgan fingerprint density at radius 2 is 2.08 bits per heavy atom. The Labute approximate surface area is 158 Å². The zero-order valence-electron chi connectivity index (χ0n) is 14.5. The van der Waals surface area contributed by atoms with Crippen molar-refractivity contribution in [2.45, 2.75) is 25.4 Å². The minimum atomic E-state index is -2.99. The van der Waals surface area contributed by atoms with Crippen molar-refractivity contribution in [3.8, 4) is 0 Å². The number of nitrogens with zero attached hydrogens (tertiary/aromatic N) is 2. The van der Waals surface area contributed by atoms with E-state index in [9.17, 15) is 13.2 Å². The number of fused-ring (bicyclic) bond motifs is 1. The SMILES string of the molecule is O=C(CN(Cc1cccs1)C1CCS(=O)(=O)C1)N1CCc2ccccc21. The molecule has 1 amide bonds. The Balaban J connectivity index is 1.52. The summed E-state index contributed by atoms with van der Waals surface area (Å²) in [5.41, 5.74) is 2.20. The molecule has 0 radical (unpaired) electrons. The van der Waals surface area contributed by atoms with Gasteiger partial charge >= 0.3 is 0 Å². The van der Waals surface area contributed by atoms with Crippen LogP contribution in [0.1, 0.15) is 16.9 Å². The van der Waals surface area contributed by atoms with Crippen LogP contribution in [0, 0.1) is 0 Å². The normalized spacial score (nSPS) is 21.3. The molecule has 0 bridgehead atoms. The fourth-order valence-corrected chi connectivity index (χ4v) is 6.33. The highest BCUT2D eigenvalue weighted by molar-refractivity contribution is 7.91. The predicted molar refractivity (Wildman–Crippen MR) is 104 cm³/mol. The number of thiophene rings is 1. The number of carbonyl (C=O) groups excluding carboxylic acids is 1. The zero-order chi connectivity index (χ0) is 18.1. The average molecular weight is 391 g/mol. The predicted octanol–water partition coefficient (Wildman–Crippen LogP) is 2.33. The van der Waals surface area contributed by atoms with Gasteiger partial charge in [0.1, 0.15) is 0 Å². The number of anilines is 1. The number of amides is 1. The van der Waals surface area contributed by atoms with Crippen LogP contribution in [-0.4, -0.2) is 49.9 Å². The molecule has 2 aromatic rings. The third kappa shape index (κ3) is 3.70. The Morgan fingerprint density at radius 3 is 2.81 bits per heavy atom. The molecule has 5 nitrogen and oxygen atoms in total. The van der Waals surface area contributed by atoms with E-state index in [1.54, 1.807) is 11.3 Å². The van der Waals surface area contributed by atoms with E-state index in [1.807, 2.05) is 40.6 Å². The molecule has 138 valence electrons. The third-order valence-corrected chi connectivity index (χ3v) is 7.80. The van der Waals surface area contributed by atoms with Crippen molar-refractivity contribution in [1.29, 1.82) is 0 Å². The summed E-state index contributed by atoms with van der Waals surface area (Å²) in [7, 11) is -2.99. The first kappa shape index (κ1) is 17.7. The second-order valence-electron chi connectivity index (χ2n) is 6.97. The highest BCUT2D eigenvalue weighted by atomic mass is 32.2. The molecular formula is C19H22N2O3S2. The van der Waals surface area contributed by atoms with Crippen LogP contribution in [0.5, 0.6) is 0 Å². The Kier molecular flexibility index (Phi) is 4.86. The lowest BCUT2D eigenvalue weighted by molar-refractivity contribution is -0.120.